The Balaban J connectivity index is 1.37. The third-order valence-corrected chi connectivity index (χ3v) is 10.5. The van der Waals surface area contributed by atoms with Gasteiger partial charge >= 0.3 is 17.9 Å². The van der Waals surface area contributed by atoms with Crippen LogP contribution in [0.25, 0.3) is 0 Å². The second-order valence-electron chi connectivity index (χ2n) is 12.2. The number of carbonyl (C=O) groups excluding carboxylic acids is 2. The lowest BCUT2D eigenvalue weighted by molar-refractivity contribution is -0.163. The number of carboxylic acid groups (broad SMARTS) is 1. The Morgan fingerprint density at radius 2 is 1.50 bits per heavy atom. The van der Waals surface area contributed by atoms with Gasteiger partial charge in [-0.05, 0) is 84.5 Å². The van der Waals surface area contributed by atoms with Crippen molar-refractivity contribution in [2.45, 2.75) is 55.4 Å². The minimum absolute atomic E-state index is 0.0139. The average molecular weight is 705 g/mol. The molecule has 0 spiro atoms. The fourth-order valence-corrected chi connectivity index (χ4v) is 7.06. The number of halogens is 2. The molecule has 0 aliphatic heterocycles. The van der Waals surface area contributed by atoms with Crippen molar-refractivity contribution in [2.24, 2.45) is 0 Å². The molecule has 0 radical (unpaired) electrons. The van der Waals surface area contributed by atoms with Crippen LogP contribution in [-0.4, -0.2) is 50.9 Å². The number of nitrogens with one attached hydrogen (secondary N) is 2. The second-order valence-corrected chi connectivity index (χ2v) is 14.1. The van der Waals surface area contributed by atoms with Crippen molar-refractivity contribution in [3.63, 3.8) is 0 Å². The van der Waals surface area contributed by atoms with Gasteiger partial charge in [0, 0.05) is 24.0 Å². The number of carbonyl (C=O) groups is 3. The predicted molar refractivity (Wildman–Crippen MR) is 187 cm³/mol. The summed E-state index contributed by atoms with van der Waals surface area (Å²) >= 11 is 0. The molecule has 0 atom stereocenters. The molecule has 0 saturated heterocycles. The summed E-state index contributed by atoms with van der Waals surface area (Å²) in [7, 11) is -2.50. The molecule has 1 aliphatic carbocycles. The minimum atomic E-state index is -4.11. The summed E-state index contributed by atoms with van der Waals surface area (Å²) in [6.45, 7) is -1.32. The van der Waals surface area contributed by atoms with Gasteiger partial charge in [0.1, 0.15) is 0 Å². The molecule has 3 N–H and O–H groups in total. The zero-order chi connectivity index (χ0) is 35.9. The number of nitrogens with zero attached hydrogens (tertiary/aromatic N) is 2. The van der Waals surface area contributed by atoms with E-state index in [-0.39, 0.29) is 22.7 Å². The zero-order valence-corrected chi connectivity index (χ0v) is 28.2. The highest BCUT2D eigenvalue weighted by atomic mass is 32.2. The van der Waals surface area contributed by atoms with E-state index in [1.165, 1.54) is 61.0 Å². The Labute approximate surface area is 289 Å². The molecule has 4 aromatic carbocycles. The van der Waals surface area contributed by atoms with Crippen molar-refractivity contribution < 1.29 is 36.7 Å². The lowest BCUT2D eigenvalue weighted by atomic mass is 9.84. The van der Waals surface area contributed by atoms with Gasteiger partial charge in [0.2, 0.25) is 0 Å². The van der Waals surface area contributed by atoms with E-state index in [1.54, 1.807) is 54.6 Å². The monoisotopic (exact) mass is 704 g/mol. The fraction of sp³-hybridized carbons (Fsp3) is 0.270. The number of hydrogen-bond donors (Lipinski definition) is 3. The maximum Gasteiger partial charge on any atom is 0.376 e. The number of sulfonamides is 1. The molecule has 0 aromatic heterocycles. The molecule has 13 heteroatoms. The van der Waals surface area contributed by atoms with Crippen LogP contribution in [-0.2, 0) is 21.4 Å². The molecule has 1 saturated carbocycles. The van der Waals surface area contributed by atoms with E-state index < -0.39 is 40.4 Å². The molecular formula is C37H38F2N4O6S. The minimum Gasteiger partial charge on any atom is -0.477 e. The van der Waals surface area contributed by atoms with Gasteiger partial charge in [-0.1, -0.05) is 67.8 Å². The van der Waals surface area contributed by atoms with Gasteiger partial charge in [0.05, 0.1) is 23.7 Å². The van der Waals surface area contributed by atoms with Crippen molar-refractivity contribution >= 4 is 45.0 Å². The summed E-state index contributed by atoms with van der Waals surface area (Å²) < 4.78 is 54.9. The largest absolute Gasteiger partial charge is 0.477 e. The predicted octanol–water partition coefficient (Wildman–Crippen LogP) is 7.25. The smallest absolute Gasteiger partial charge is 0.376 e. The molecule has 0 heterocycles. The van der Waals surface area contributed by atoms with Crippen LogP contribution in [0.1, 0.15) is 59.5 Å². The zero-order valence-electron chi connectivity index (χ0n) is 27.4. The van der Waals surface area contributed by atoms with E-state index >= 15 is 0 Å². The number of alkyl halides is 2. The Hall–Kier alpha value is -5.30. The first kappa shape index (κ1) is 36.0. The Morgan fingerprint density at radius 3 is 2.14 bits per heavy atom. The first-order chi connectivity index (χ1) is 23.8. The van der Waals surface area contributed by atoms with Crippen LogP contribution in [0, 0.1) is 0 Å². The van der Waals surface area contributed by atoms with Gasteiger partial charge < -0.3 is 15.7 Å². The van der Waals surface area contributed by atoms with Crippen molar-refractivity contribution in [3.8, 4) is 0 Å². The summed E-state index contributed by atoms with van der Waals surface area (Å²) in [6, 6.07) is 27.7. The second kappa shape index (κ2) is 15.5. The van der Waals surface area contributed by atoms with Crippen LogP contribution in [0.15, 0.2) is 108 Å². The average Bonchev–Trinajstić information content (AvgIpc) is 3.13. The maximum absolute atomic E-state index is 13.9. The number of benzene rings is 4. The van der Waals surface area contributed by atoms with Crippen molar-refractivity contribution in [1.82, 2.24) is 5.32 Å². The first-order valence-electron chi connectivity index (χ1n) is 16.2. The van der Waals surface area contributed by atoms with Gasteiger partial charge in [-0.3, -0.25) is 14.0 Å². The van der Waals surface area contributed by atoms with Crippen LogP contribution >= 0.6 is 0 Å². The van der Waals surface area contributed by atoms with Gasteiger partial charge in [0.25, 0.3) is 15.9 Å². The molecule has 10 nitrogen and oxygen atoms in total. The van der Waals surface area contributed by atoms with Gasteiger partial charge in [-0.2, -0.15) is 8.78 Å². The normalized spacial score (nSPS) is 13.7. The molecule has 1 fully saturated rings. The van der Waals surface area contributed by atoms with Gasteiger partial charge in [-0.15, -0.1) is 0 Å². The lowest BCUT2D eigenvalue weighted by Crippen LogP contribution is -2.42. The number of aliphatic carboxylic acids is 1. The Kier molecular flexibility index (Phi) is 11.2. The number of carboxylic acids is 1. The quantitative estimate of drug-likeness (QED) is 0.142. The molecule has 262 valence electrons. The van der Waals surface area contributed by atoms with Crippen molar-refractivity contribution in [1.29, 1.82) is 0 Å². The molecule has 0 unspecified atom stereocenters. The highest BCUT2D eigenvalue weighted by Gasteiger charge is 2.39. The molecule has 4 aromatic rings. The molecule has 1 aliphatic rings. The number of anilines is 3. The highest BCUT2D eigenvalue weighted by molar-refractivity contribution is 7.92. The standard InChI is InChI=1S/C37H38F2N4O6S/c1-42(31-12-6-3-7-13-31)50(48,49)33-14-8-11-30(23-33)41-36(47)43(32-21-19-28(20-22-32)27-9-4-2-5-10-27)24-26-15-17-29(18-16-26)34(44)40-25-37(38,39)35(45)46/h3,6-8,11-23,27H,2,4-5,9-10,24-25H2,1H3,(H,40,44)(H,41,47)(H,45,46). The summed E-state index contributed by atoms with van der Waals surface area (Å²) in [5, 5.41) is 13.4. The number of para-hydroxylation sites is 1. The van der Waals surface area contributed by atoms with E-state index in [4.69, 9.17) is 5.11 Å². The van der Waals surface area contributed by atoms with E-state index in [1.807, 2.05) is 29.6 Å². The molecule has 5 rings (SSSR count). The maximum atomic E-state index is 13.9. The van der Waals surface area contributed by atoms with Crippen molar-refractivity contribution in [3.05, 3.63) is 120 Å². The summed E-state index contributed by atoms with van der Waals surface area (Å²) in [4.78, 5) is 38.4. The van der Waals surface area contributed by atoms with Crippen LogP contribution in [0.3, 0.4) is 0 Å². The van der Waals surface area contributed by atoms with Crippen LogP contribution in [0.2, 0.25) is 0 Å². The van der Waals surface area contributed by atoms with Crippen molar-refractivity contribution in [2.75, 3.05) is 28.1 Å². The molecule has 50 heavy (non-hydrogen) atoms. The van der Waals surface area contributed by atoms with E-state index in [9.17, 15) is 31.6 Å². The number of hydrogen-bond acceptors (Lipinski definition) is 5. The summed E-state index contributed by atoms with van der Waals surface area (Å²) in [6.07, 6.45) is 5.79. The molecular weight excluding hydrogens is 666 g/mol. The molecule has 3 amide bonds. The van der Waals surface area contributed by atoms with E-state index in [2.05, 4.69) is 5.32 Å². The first-order valence-corrected chi connectivity index (χ1v) is 17.6. The fourth-order valence-electron chi connectivity index (χ4n) is 5.82. The van der Waals surface area contributed by atoms with E-state index in [0.29, 0.717) is 22.9 Å². The highest BCUT2D eigenvalue weighted by Crippen LogP contribution is 2.34. The lowest BCUT2D eigenvalue weighted by Gasteiger charge is -2.26. The van der Waals surface area contributed by atoms with Gasteiger partial charge in [-0.25, -0.2) is 18.0 Å². The van der Waals surface area contributed by atoms with Gasteiger partial charge in [0.15, 0.2) is 0 Å². The van der Waals surface area contributed by atoms with Crippen LogP contribution in [0.5, 0.6) is 0 Å². The number of rotatable bonds is 12. The number of amides is 3. The molecule has 0 bridgehead atoms. The summed E-state index contributed by atoms with van der Waals surface area (Å²) in [5.74, 6) is -6.88. The van der Waals surface area contributed by atoms with Crippen LogP contribution < -0.4 is 19.8 Å². The number of urea groups is 1. The Bertz CT molecular complexity index is 1920. The Morgan fingerprint density at radius 1 is 0.840 bits per heavy atom. The third kappa shape index (κ3) is 8.64. The third-order valence-electron chi connectivity index (χ3n) is 8.73. The van der Waals surface area contributed by atoms with Crippen LogP contribution in [0.4, 0.5) is 30.6 Å². The topological polar surface area (TPSA) is 136 Å². The van der Waals surface area contributed by atoms with E-state index in [0.717, 1.165) is 17.1 Å². The summed E-state index contributed by atoms with van der Waals surface area (Å²) in [5.41, 5.74) is 3.13. The SMILES string of the molecule is CN(c1ccccc1)S(=O)(=O)c1cccc(NC(=O)N(Cc2ccc(C(=O)NCC(F)(F)C(=O)O)cc2)c2ccc(C3CCCCC3)cc2)c1.